The third-order valence-electron chi connectivity index (χ3n) is 23.2. The number of carboxylic acid groups (broad SMARTS) is 1. The molecule has 6 aliphatic rings. The van der Waals surface area contributed by atoms with Gasteiger partial charge in [-0.1, -0.05) is 116 Å². The molecule has 586 valence electrons. The van der Waals surface area contributed by atoms with Crippen LogP contribution in [-0.4, -0.2) is 191 Å². The molecule has 6 aromatic heterocycles. The Morgan fingerprint density at radius 2 is 1.17 bits per heavy atom. The maximum Gasteiger partial charge on any atom is 0.303 e. The van der Waals surface area contributed by atoms with Crippen molar-refractivity contribution >= 4 is 120 Å². The molecule has 112 heavy (non-hydrogen) atoms. The zero-order chi connectivity index (χ0) is 79.6. The lowest BCUT2D eigenvalue weighted by Crippen LogP contribution is -2.59. The van der Waals surface area contributed by atoms with E-state index in [-0.39, 0.29) is 47.5 Å². The smallest absolute Gasteiger partial charge is 0.303 e. The summed E-state index contributed by atoms with van der Waals surface area (Å²) in [5.41, 5.74) is 8.59. The van der Waals surface area contributed by atoms with Crippen LogP contribution in [0.3, 0.4) is 0 Å². The molecular weight excluding hydrogens is 1530 g/mol. The number of ether oxygens (including phenoxy) is 1. The predicted molar refractivity (Wildman–Crippen MR) is 429 cm³/mol. The van der Waals surface area contributed by atoms with Crippen molar-refractivity contribution in [1.82, 2.24) is 79.3 Å². The zero-order valence-electron chi connectivity index (χ0n) is 63.8. The molecular formula is C81H90Cl5FN20O5. The first-order valence-corrected chi connectivity index (χ1v) is 40.1. The average molecular weight is 1620 g/mol. The fourth-order valence-electron chi connectivity index (χ4n) is 17.3. The van der Waals surface area contributed by atoms with Gasteiger partial charge in [0, 0.05) is 87.9 Å². The number of aliphatic carboxylic acids is 1. The van der Waals surface area contributed by atoms with E-state index < -0.39 is 23.4 Å². The Bertz CT molecular complexity index is 5220. The number of likely N-dealkylation sites (tertiary alicyclic amines) is 2. The molecule has 11 atom stereocenters. The number of hydrogen-bond acceptors (Lipinski definition) is 20. The molecule has 1 amide bonds. The normalized spacial score (nSPS) is 22.7. The van der Waals surface area contributed by atoms with Crippen LogP contribution in [0.15, 0.2) is 85.3 Å². The molecule has 4 aliphatic heterocycles. The number of likely N-dealkylation sites (N-methyl/N-ethyl adjacent to an activating group) is 2. The summed E-state index contributed by atoms with van der Waals surface area (Å²) in [7, 11) is 1.71. The van der Waals surface area contributed by atoms with Gasteiger partial charge >= 0.3 is 5.97 Å². The van der Waals surface area contributed by atoms with Crippen LogP contribution in [-0.2, 0) is 14.3 Å². The first kappa shape index (κ1) is 81.2. The van der Waals surface area contributed by atoms with Gasteiger partial charge in [-0.05, 0) is 181 Å². The van der Waals surface area contributed by atoms with Gasteiger partial charge in [0.25, 0.3) is 0 Å². The largest absolute Gasteiger partial charge is 0.481 e. The number of halogens is 6. The highest BCUT2D eigenvalue weighted by molar-refractivity contribution is 6.35. The van der Waals surface area contributed by atoms with Gasteiger partial charge in [-0.2, -0.15) is 31.1 Å². The van der Waals surface area contributed by atoms with E-state index in [2.05, 4.69) is 113 Å². The van der Waals surface area contributed by atoms with Gasteiger partial charge in [0.2, 0.25) is 5.91 Å². The molecule has 3 N–H and O–H groups in total. The molecule has 2 aliphatic carbocycles. The standard InChI is InChI=1S/C27H29Cl2N7O.C27H30Cl2N6O2.C27H31ClFN7O2/c1-15-11-17(6-9-23(15)35-10-4-5-24(35)27(37)31-3)22-14-32-25-21(13-30)34-36(26(25)33-22)16(2)19-8-7-18(28)12-20(19)29;1-4-34(13-27(36)14-37-15-27)24-8-5-18(9-16(24)2)23-12-31-25-22(11-30)33-35(26(25)32-23)17(3)20-7-6-19(28)10-21(20)29;1-16-15-34(11-9-23(16)35-10-3-4-19(35)6-8-25(37)38)24-14-31-26-22(13-30)33-36(27(26)32-24)17(2)20-7-5-18(28)12-21(20)29/h6-8,12,14-16,23-24H,4-5,9-11H2,1-3H3,(H,31,37);5-7,10,12,16-17,24,36H,4,8-9,13-15H2,1-3H3;5,7,12,14,16-17,19,23H,3-4,6,8-11,15H2,1-2H3,(H,37,38). The Balaban J connectivity index is 0.000000147. The Labute approximate surface area is 674 Å². The summed E-state index contributed by atoms with van der Waals surface area (Å²) in [6, 6.07) is 21.8. The van der Waals surface area contributed by atoms with Gasteiger partial charge in [0.15, 0.2) is 34.0 Å². The Morgan fingerprint density at radius 1 is 0.661 bits per heavy atom. The molecule has 0 spiro atoms. The summed E-state index contributed by atoms with van der Waals surface area (Å²) in [6.07, 6.45) is 19.0. The molecule has 9 aromatic rings. The highest BCUT2D eigenvalue weighted by Crippen LogP contribution is 2.41. The molecule has 31 heteroatoms. The van der Waals surface area contributed by atoms with E-state index >= 15 is 0 Å². The monoisotopic (exact) mass is 1620 g/mol. The van der Waals surface area contributed by atoms with Crippen LogP contribution in [0.25, 0.3) is 44.6 Å². The second-order valence-electron chi connectivity index (χ2n) is 30.5. The van der Waals surface area contributed by atoms with Gasteiger partial charge in [0.1, 0.15) is 52.0 Å². The third kappa shape index (κ3) is 17.0. The Morgan fingerprint density at radius 3 is 1.66 bits per heavy atom. The predicted octanol–water partition coefficient (Wildman–Crippen LogP) is 14.5. The van der Waals surface area contributed by atoms with E-state index in [4.69, 9.17) is 82.8 Å². The van der Waals surface area contributed by atoms with Crippen LogP contribution in [0.4, 0.5) is 10.2 Å². The minimum absolute atomic E-state index is 0.0523. The van der Waals surface area contributed by atoms with Gasteiger partial charge in [-0.15, -0.1) is 0 Å². The second-order valence-corrected chi connectivity index (χ2v) is 32.6. The highest BCUT2D eigenvalue weighted by Gasteiger charge is 2.43. The number of fused-ring (bicyclic) bond motifs is 3. The molecule has 0 radical (unpaired) electrons. The van der Waals surface area contributed by atoms with Crippen LogP contribution in [0.2, 0.25) is 25.1 Å². The molecule has 0 saturated carbocycles. The van der Waals surface area contributed by atoms with Crippen molar-refractivity contribution < 1.29 is 28.9 Å². The maximum absolute atomic E-state index is 14.7. The fourth-order valence-corrected chi connectivity index (χ4v) is 18.6. The first-order valence-electron chi connectivity index (χ1n) is 38.2. The number of carboxylic acids is 1. The van der Waals surface area contributed by atoms with E-state index in [0.717, 1.165) is 124 Å². The summed E-state index contributed by atoms with van der Waals surface area (Å²) in [5, 5.41) is 67.5. The van der Waals surface area contributed by atoms with Crippen molar-refractivity contribution in [1.29, 1.82) is 15.8 Å². The molecule has 4 saturated heterocycles. The van der Waals surface area contributed by atoms with Crippen molar-refractivity contribution in [2.24, 2.45) is 17.8 Å². The van der Waals surface area contributed by atoms with E-state index in [1.807, 2.05) is 26.0 Å². The van der Waals surface area contributed by atoms with E-state index in [1.54, 1.807) is 83.0 Å². The van der Waals surface area contributed by atoms with Crippen molar-refractivity contribution in [3.63, 3.8) is 0 Å². The van der Waals surface area contributed by atoms with Gasteiger partial charge in [-0.3, -0.25) is 24.3 Å². The summed E-state index contributed by atoms with van der Waals surface area (Å²) in [4.78, 5) is 61.5. The fraction of sp³-hybridized carbons (Fsp3) is 0.481. The summed E-state index contributed by atoms with van der Waals surface area (Å²) in [6.45, 7) is 20.4. The number of allylic oxidation sites excluding steroid dienone is 2. The third-order valence-corrected chi connectivity index (χ3v) is 24.6. The number of nitriles is 3. The van der Waals surface area contributed by atoms with Crippen molar-refractivity contribution in [3.05, 3.63) is 161 Å². The van der Waals surface area contributed by atoms with Crippen LogP contribution < -0.4 is 10.2 Å². The van der Waals surface area contributed by atoms with Crippen LogP contribution in [0, 0.1) is 57.6 Å². The van der Waals surface area contributed by atoms with Crippen LogP contribution in [0.1, 0.15) is 182 Å². The second kappa shape index (κ2) is 34.9. The van der Waals surface area contributed by atoms with E-state index in [9.17, 15) is 34.9 Å². The van der Waals surface area contributed by atoms with Gasteiger partial charge in [-0.25, -0.2) is 48.3 Å². The zero-order valence-corrected chi connectivity index (χ0v) is 67.5. The van der Waals surface area contributed by atoms with E-state index in [0.29, 0.717) is 138 Å². The topological polar surface area (TPSA) is 311 Å². The number of aliphatic hydroxyl groups is 1. The van der Waals surface area contributed by atoms with Crippen LogP contribution >= 0.6 is 58.0 Å². The number of nitrogens with one attached hydrogen (secondary N) is 1. The van der Waals surface area contributed by atoms with Crippen molar-refractivity contribution in [3.8, 4) is 18.2 Å². The number of hydrogen-bond donors (Lipinski definition) is 3. The van der Waals surface area contributed by atoms with E-state index in [1.165, 1.54) is 6.07 Å². The number of amides is 1. The molecule has 3 aromatic carbocycles. The summed E-state index contributed by atoms with van der Waals surface area (Å²) >= 11 is 31.1. The van der Waals surface area contributed by atoms with Crippen molar-refractivity contribution in [2.45, 2.75) is 173 Å². The SMILES string of the molecule is CC1CN(c2cnc3c(C#N)nn(C(C)c4ccc(Cl)cc4F)c3n2)CCC1N1CCCC1CCC(=O)O.CCN(CC1(O)COC1)C1CC=C(c2cnc3c(C#N)nn(C(C)c4ccc(Cl)cc4Cl)c3n2)CC1C.CNC(=O)C1CCCN1C1CC=C(c2cnc3c(C#N)nn(C(C)c4ccc(Cl)cc4Cl)c3n2)CC1C. The number of piperidine rings is 1. The lowest BCUT2D eigenvalue weighted by atomic mass is 9.83. The molecule has 10 heterocycles. The van der Waals surface area contributed by atoms with Crippen molar-refractivity contribution in [2.75, 3.05) is 64.4 Å². The maximum atomic E-state index is 14.7. The van der Waals surface area contributed by atoms with Gasteiger partial charge < -0.3 is 25.2 Å². The van der Waals surface area contributed by atoms with Gasteiger partial charge in [0.05, 0.1) is 67.4 Å². The quantitative estimate of drug-likeness (QED) is 0.0677. The average Bonchev–Trinajstić information content (AvgIpc) is 1.68. The number of rotatable bonds is 19. The number of aromatic nitrogens is 12. The molecule has 25 nitrogen and oxygen atoms in total. The lowest BCUT2D eigenvalue weighted by Gasteiger charge is -2.44. The number of nitrogens with zero attached hydrogens (tertiary/aromatic N) is 19. The summed E-state index contributed by atoms with van der Waals surface area (Å²) < 4.78 is 24.9. The minimum atomic E-state index is -0.739. The molecule has 11 unspecified atom stereocenters. The minimum Gasteiger partial charge on any atom is -0.481 e. The van der Waals surface area contributed by atoms with Crippen LogP contribution in [0.5, 0.6) is 0 Å². The number of carbonyl (C=O) groups excluding carboxylic acids is 1. The highest BCUT2D eigenvalue weighted by atomic mass is 35.5. The molecule has 0 bridgehead atoms. The molecule has 15 rings (SSSR count). The molecule has 4 fully saturated rings. The summed E-state index contributed by atoms with van der Waals surface area (Å²) in [5.74, 6) is 0.695. The first-order chi connectivity index (χ1) is 53.8. The Hall–Kier alpha value is -8.82. The lowest BCUT2D eigenvalue weighted by molar-refractivity contribution is -0.190. The number of benzene rings is 3. The number of carbonyl (C=O) groups is 2. The Kier molecular flexibility index (Phi) is 25.3. The number of anilines is 1.